The first-order chi connectivity index (χ1) is 11.1. The average molecular weight is 314 g/mol. The van der Waals surface area contributed by atoms with Gasteiger partial charge in [0.15, 0.2) is 5.76 Å². The van der Waals surface area contributed by atoms with E-state index in [9.17, 15) is 4.79 Å². The molecule has 1 saturated heterocycles. The second kappa shape index (κ2) is 6.36. The molecular formula is C18H22N2O3. The van der Waals surface area contributed by atoms with Gasteiger partial charge in [-0.05, 0) is 43.0 Å². The molecule has 0 saturated carbocycles. The first-order valence-electron chi connectivity index (χ1n) is 7.91. The number of hydrogen-bond acceptors (Lipinski definition) is 4. The summed E-state index contributed by atoms with van der Waals surface area (Å²) >= 11 is 0. The number of ether oxygens (including phenoxy) is 1. The number of amides is 1. The molecule has 1 unspecified atom stereocenters. The first-order valence-corrected chi connectivity index (χ1v) is 7.91. The first kappa shape index (κ1) is 15.5. The Morgan fingerprint density at radius 1 is 1.35 bits per heavy atom. The number of furan rings is 1. The van der Waals surface area contributed by atoms with Crippen LogP contribution in [-0.2, 0) is 0 Å². The van der Waals surface area contributed by atoms with Crippen LogP contribution in [0.1, 0.15) is 30.3 Å². The molecule has 23 heavy (non-hydrogen) atoms. The number of methoxy groups -OCH3 is 1. The summed E-state index contributed by atoms with van der Waals surface area (Å²) in [7, 11) is 1.59. The summed E-state index contributed by atoms with van der Waals surface area (Å²) in [6.07, 6.45) is 2.22. The molecule has 2 aromatic rings. The summed E-state index contributed by atoms with van der Waals surface area (Å²) in [6.45, 7) is 3.76. The van der Waals surface area contributed by atoms with Crippen LogP contribution in [-0.4, -0.2) is 31.0 Å². The van der Waals surface area contributed by atoms with Crippen molar-refractivity contribution in [1.82, 2.24) is 4.90 Å². The fraction of sp³-hybridized carbons (Fsp3) is 0.389. The Balaban J connectivity index is 1.84. The van der Waals surface area contributed by atoms with Crippen LogP contribution < -0.4 is 10.5 Å². The molecule has 1 aliphatic rings. The monoisotopic (exact) mass is 314 g/mol. The van der Waals surface area contributed by atoms with Crippen LogP contribution in [0.2, 0.25) is 0 Å². The molecule has 122 valence electrons. The topological polar surface area (TPSA) is 68.7 Å². The second-order valence-electron chi connectivity index (χ2n) is 6.12. The van der Waals surface area contributed by atoms with Crippen molar-refractivity contribution < 1.29 is 13.9 Å². The predicted octanol–water partition coefficient (Wildman–Crippen LogP) is 3.41. The van der Waals surface area contributed by atoms with Crippen LogP contribution in [0.25, 0.3) is 11.3 Å². The zero-order valence-electron chi connectivity index (χ0n) is 13.5. The molecule has 5 heteroatoms. The number of carbonyl (C=O) groups excluding carboxylic acids is 1. The zero-order valence-corrected chi connectivity index (χ0v) is 13.5. The smallest absolute Gasteiger partial charge is 0.289 e. The van der Waals surface area contributed by atoms with E-state index in [-0.39, 0.29) is 5.91 Å². The SMILES string of the molecule is COc1cc(N)ccc1-c1ccc(C(=O)N2CCCC(C)C2)o1. The van der Waals surface area contributed by atoms with Crippen molar-refractivity contribution in [3.8, 4) is 17.1 Å². The molecule has 5 nitrogen and oxygen atoms in total. The molecular weight excluding hydrogens is 292 g/mol. The molecule has 0 radical (unpaired) electrons. The lowest BCUT2D eigenvalue weighted by Crippen LogP contribution is -2.38. The van der Waals surface area contributed by atoms with Crippen LogP contribution in [0.5, 0.6) is 5.75 Å². The molecule has 3 rings (SSSR count). The lowest BCUT2D eigenvalue weighted by atomic mass is 10.0. The quantitative estimate of drug-likeness (QED) is 0.882. The number of rotatable bonds is 3. The lowest BCUT2D eigenvalue weighted by Gasteiger charge is -2.30. The van der Waals surface area contributed by atoms with E-state index in [2.05, 4.69) is 6.92 Å². The van der Waals surface area contributed by atoms with Gasteiger partial charge in [0.25, 0.3) is 5.91 Å². The van der Waals surface area contributed by atoms with E-state index in [1.807, 2.05) is 11.0 Å². The van der Waals surface area contributed by atoms with E-state index in [4.69, 9.17) is 14.9 Å². The number of anilines is 1. The fourth-order valence-electron chi connectivity index (χ4n) is 3.04. The number of nitrogens with two attached hydrogens (primary N) is 1. The van der Waals surface area contributed by atoms with Gasteiger partial charge in [-0.3, -0.25) is 4.79 Å². The van der Waals surface area contributed by atoms with E-state index in [0.717, 1.165) is 25.1 Å². The van der Waals surface area contributed by atoms with Crippen molar-refractivity contribution in [2.24, 2.45) is 5.92 Å². The third-order valence-corrected chi connectivity index (χ3v) is 4.25. The number of hydrogen-bond donors (Lipinski definition) is 1. The van der Waals surface area contributed by atoms with Crippen molar-refractivity contribution in [3.05, 3.63) is 36.1 Å². The summed E-state index contributed by atoms with van der Waals surface area (Å²) in [5.41, 5.74) is 7.18. The molecule has 1 atom stereocenters. The van der Waals surface area contributed by atoms with Gasteiger partial charge in [0.2, 0.25) is 0 Å². The van der Waals surface area contributed by atoms with Crippen LogP contribution >= 0.6 is 0 Å². The highest BCUT2D eigenvalue weighted by Crippen LogP contribution is 2.33. The third kappa shape index (κ3) is 3.18. The molecule has 1 aliphatic heterocycles. The number of nitrogen functional groups attached to an aromatic ring is 1. The van der Waals surface area contributed by atoms with Gasteiger partial charge >= 0.3 is 0 Å². The summed E-state index contributed by atoms with van der Waals surface area (Å²) in [4.78, 5) is 14.5. The maximum Gasteiger partial charge on any atom is 0.289 e. The number of piperidine rings is 1. The normalized spacial score (nSPS) is 18.0. The number of carbonyl (C=O) groups is 1. The summed E-state index contributed by atoms with van der Waals surface area (Å²) in [5.74, 6) is 2.10. The molecule has 1 fully saturated rings. The van der Waals surface area contributed by atoms with E-state index >= 15 is 0 Å². The largest absolute Gasteiger partial charge is 0.496 e. The van der Waals surface area contributed by atoms with Crippen molar-refractivity contribution in [2.75, 3.05) is 25.9 Å². The van der Waals surface area contributed by atoms with Gasteiger partial charge in [-0.15, -0.1) is 0 Å². The minimum absolute atomic E-state index is 0.0442. The molecule has 1 aromatic heterocycles. The molecule has 0 aliphatic carbocycles. The van der Waals surface area contributed by atoms with Gasteiger partial charge in [0, 0.05) is 24.8 Å². The van der Waals surface area contributed by atoms with Crippen molar-refractivity contribution in [3.63, 3.8) is 0 Å². The molecule has 2 N–H and O–H groups in total. The summed E-state index contributed by atoms with van der Waals surface area (Å²) in [5, 5.41) is 0. The van der Waals surface area contributed by atoms with Crippen LogP contribution in [0.4, 0.5) is 5.69 Å². The molecule has 2 heterocycles. The van der Waals surface area contributed by atoms with Gasteiger partial charge in [0.1, 0.15) is 11.5 Å². The highest BCUT2D eigenvalue weighted by atomic mass is 16.5. The number of benzene rings is 1. The van der Waals surface area contributed by atoms with E-state index in [0.29, 0.717) is 28.9 Å². The van der Waals surface area contributed by atoms with Gasteiger partial charge < -0.3 is 19.8 Å². The Morgan fingerprint density at radius 2 is 2.17 bits per heavy atom. The minimum atomic E-state index is -0.0442. The average Bonchev–Trinajstić information content (AvgIpc) is 3.03. The molecule has 1 aromatic carbocycles. The van der Waals surface area contributed by atoms with E-state index in [1.54, 1.807) is 31.4 Å². The second-order valence-corrected chi connectivity index (χ2v) is 6.12. The van der Waals surface area contributed by atoms with Gasteiger partial charge in [-0.25, -0.2) is 0 Å². The standard InChI is InChI=1S/C18H22N2O3/c1-12-4-3-9-20(11-12)18(21)16-8-7-15(23-16)14-6-5-13(19)10-17(14)22-2/h5-8,10,12H,3-4,9,11,19H2,1-2H3. The summed E-state index contributed by atoms with van der Waals surface area (Å²) in [6, 6.07) is 8.89. The maximum atomic E-state index is 12.6. The van der Waals surface area contributed by atoms with Crippen molar-refractivity contribution in [1.29, 1.82) is 0 Å². The number of nitrogens with zero attached hydrogens (tertiary/aromatic N) is 1. The molecule has 1 amide bonds. The van der Waals surface area contributed by atoms with Gasteiger partial charge in [0.05, 0.1) is 12.7 Å². The molecule has 0 spiro atoms. The fourth-order valence-corrected chi connectivity index (χ4v) is 3.04. The zero-order chi connectivity index (χ0) is 16.4. The highest BCUT2D eigenvalue weighted by molar-refractivity contribution is 5.92. The Kier molecular flexibility index (Phi) is 4.28. The van der Waals surface area contributed by atoms with Crippen LogP contribution in [0, 0.1) is 5.92 Å². The Morgan fingerprint density at radius 3 is 2.91 bits per heavy atom. The van der Waals surface area contributed by atoms with Gasteiger partial charge in [-0.2, -0.15) is 0 Å². The molecule has 0 bridgehead atoms. The Hall–Kier alpha value is -2.43. The minimum Gasteiger partial charge on any atom is -0.496 e. The van der Waals surface area contributed by atoms with E-state index < -0.39 is 0 Å². The van der Waals surface area contributed by atoms with Crippen molar-refractivity contribution in [2.45, 2.75) is 19.8 Å². The lowest BCUT2D eigenvalue weighted by molar-refractivity contribution is 0.0652. The summed E-state index contributed by atoms with van der Waals surface area (Å²) < 4.78 is 11.1. The Bertz CT molecular complexity index is 708. The highest BCUT2D eigenvalue weighted by Gasteiger charge is 2.24. The number of likely N-dealkylation sites (tertiary alicyclic amines) is 1. The van der Waals surface area contributed by atoms with Crippen molar-refractivity contribution >= 4 is 11.6 Å². The Labute approximate surface area is 136 Å². The van der Waals surface area contributed by atoms with E-state index in [1.165, 1.54) is 6.42 Å². The van der Waals surface area contributed by atoms with Crippen LogP contribution in [0.15, 0.2) is 34.7 Å². The third-order valence-electron chi connectivity index (χ3n) is 4.25. The van der Waals surface area contributed by atoms with Gasteiger partial charge in [-0.1, -0.05) is 6.92 Å². The predicted molar refractivity (Wildman–Crippen MR) is 89.4 cm³/mol. The maximum absolute atomic E-state index is 12.6. The van der Waals surface area contributed by atoms with Crippen LogP contribution in [0.3, 0.4) is 0 Å².